The summed E-state index contributed by atoms with van der Waals surface area (Å²) in [7, 11) is 0. The van der Waals surface area contributed by atoms with E-state index >= 15 is 0 Å². The van der Waals surface area contributed by atoms with E-state index in [4.69, 9.17) is 0 Å². The molecule has 0 aliphatic carbocycles. The number of fused-ring (bicyclic) bond motifs is 2. The Hall–Kier alpha value is -3.05. The Kier molecular flexibility index (Phi) is 4.46. The summed E-state index contributed by atoms with van der Waals surface area (Å²) in [5.74, 6) is -0.306. The number of pyridine rings is 1. The van der Waals surface area contributed by atoms with Crippen molar-refractivity contribution in [3.05, 3.63) is 88.7 Å². The minimum atomic E-state index is -0.306. The molecule has 0 unspecified atom stereocenters. The number of carbonyl (C=O) groups is 1. The second-order valence-electron chi connectivity index (χ2n) is 5.82. The highest BCUT2D eigenvalue weighted by molar-refractivity contribution is 9.10. The van der Waals surface area contributed by atoms with Crippen LogP contribution in [-0.4, -0.2) is 17.1 Å². The maximum Gasteiger partial charge on any atom is 0.272 e. The van der Waals surface area contributed by atoms with Crippen molar-refractivity contribution in [1.29, 1.82) is 0 Å². The van der Waals surface area contributed by atoms with Crippen LogP contribution in [0.5, 0.6) is 0 Å². The molecule has 1 aromatic heterocycles. The van der Waals surface area contributed by atoms with Gasteiger partial charge in [0, 0.05) is 22.4 Å². The van der Waals surface area contributed by atoms with Crippen molar-refractivity contribution < 1.29 is 4.79 Å². The van der Waals surface area contributed by atoms with Gasteiger partial charge in [-0.05, 0) is 49.6 Å². The first kappa shape index (κ1) is 16.4. The summed E-state index contributed by atoms with van der Waals surface area (Å²) in [4.78, 5) is 16.2. The lowest BCUT2D eigenvalue weighted by Crippen LogP contribution is -2.17. The third kappa shape index (κ3) is 3.21. The molecule has 0 spiro atoms. The van der Waals surface area contributed by atoms with E-state index in [0.717, 1.165) is 31.6 Å². The molecule has 0 saturated carbocycles. The smallest absolute Gasteiger partial charge is 0.267 e. The van der Waals surface area contributed by atoms with Crippen LogP contribution in [0.1, 0.15) is 15.9 Å². The lowest BCUT2D eigenvalue weighted by molar-refractivity contribution is 0.0954. The van der Waals surface area contributed by atoms with E-state index in [-0.39, 0.29) is 5.91 Å². The van der Waals surface area contributed by atoms with Gasteiger partial charge in [0.05, 0.1) is 11.8 Å². The Balaban J connectivity index is 1.71. The number of nitrogens with one attached hydrogen (secondary N) is 1. The molecule has 0 aliphatic heterocycles. The first-order valence-corrected chi connectivity index (χ1v) is 8.86. The maximum absolute atomic E-state index is 12.2. The third-order valence-corrected chi connectivity index (χ3v) is 4.57. The third-order valence-electron chi connectivity index (χ3n) is 4.14. The quantitative estimate of drug-likeness (QED) is 0.300. The number of hydrogen-bond acceptors (Lipinski definition) is 3. The van der Waals surface area contributed by atoms with Crippen LogP contribution in [0.25, 0.3) is 21.5 Å². The molecule has 4 nitrogen and oxygen atoms in total. The summed E-state index contributed by atoms with van der Waals surface area (Å²) in [6, 6.07) is 20.2. The van der Waals surface area contributed by atoms with Crippen LogP contribution < -0.4 is 5.43 Å². The maximum atomic E-state index is 12.2. The van der Waals surface area contributed by atoms with E-state index in [1.54, 1.807) is 18.5 Å². The SMILES string of the molecule is O=C(N/N=C\c1c2ccccc2cc2ccccc12)c1cncc(Br)c1. The van der Waals surface area contributed by atoms with Gasteiger partial charge in [-0.3, -0.25) is 9.78 Å². The molecule has 0 fully saturated rings. The van der Waals surface area contributed by atoms with Gasteiger partial charge in [0.15, 0.2) is 0 Å². The van der Waals surface area contributed by atoms with Gasteiger partial charge in [-0.1, -0.05) is 48.5 Å². The van der Waals surface area contributed by atoms with Crippen LogP contribution in [0.3, 0.4) is 0 Å². The van der Waals surface area contributed by atoms with Gasteiger partial charge >= 0.3 is 0 Å². The number of halogens is 1. The molecule has 4 rings (SSSR count). The number of rotatable bonds is 3. The molecule has 3 aromatic carbocycles. The van der Waals surface area contributed by atoms with E-state index in [1.165, 1.54) is 6.20 Å². The van der Waals surface area contributed by atoms with E-state index in [0.29, 0.717) is 5.56 Å². The topological polar surface area (TPSA) is 54.4 Å². The van der Waals surface area contributed by atoms with E-state index in [9.17, 15) is 4.79 Å². The first-order chi connectivity index (χ1) is 12.7. The van der Waals surface area contributed by atoms with E-state index < -0.39 is 0 Å². The molecule has 1 heterocycles. The average molecular weight is 404 g/mol. The van der Waals surface area contributed by atoms with Crippen LogP contribution in [0.15, 0.2) is 82.6 Å². The second-order valence-corrected chi connectivity index (χ2v) is 6.74. The van der Waals surface area contributed by atoms with Gasteiger partial charge in [-0.2, -0.15) is 5.10 Å². The summed E-state index contributed by atoms with van der Waals surface area (Å²) in [6.45, 7) is 0. The zero-order valence-electron chi connectivity index (χ0n) is 13.7. The fraction of sp³-hybridized carbons (Fsp3) is 0. The summed E-state index contributed by atoms with van der Waals surface area (Å²) in [6.07, 6.45) is 4.83. The number of hydrogen-bond donors (Lipinski definition) is 1. The zero-order valence-corrected chi connectivity index (χ0v) is 15.3. The fourth-order valence-electron chi connectivity index (χ4n) is 2.94. The van der Waals surface area contributed by atoms with Crippen molar-refractivity contribution in [2.45, 2.75) is 0 Å². The average Bonchev–Trinajstić information content (AvgIpc) is 2.67. The molecule has 26 heavy (non-hydrogen) atoms. The molecular formula is C21H14BrN3O. The Bertz CT molecular complexity index is 1100. The molecule has 0 saturated heterocycles. The standard InChI is InChI=1S/C21H14BrN3O/c22-17-10-16(11-23-12-17)21(26)25-24-13-20-18-7-3-1-5-14(18)9-15-6-2-4-8-19(15)20/h1-13H,(H,25,26)/b24-13-. The van der Waals surface area contributed by atoms with E-state index in [1.807, 2.05) is 24.3 Å². The minimum Gasteiger partial charge on any atom is -0.267 e. The van der Waals surface area contributed by atoms with Gasteiger partial charge in [0.1, 0.15) is 0 Å². The molecule has 1 N–H and O–H groups in total. The van der Waals surface area contributed by atoms with Crippen molar-refractivity contribution in [3.63, 3.8) is 0 Å². The van der Waals surface area contributed by atoms with Gasteiger partial charge in [0.2, 0.25) is 0 Å². The Morgan fingerprint density at radius 1 is 0.962 bits per heavy atom. The molecule has 0 atom stereocenters. The predicted octanol–water partition coefficient (Wildman–Crippen LogP) is 4.91. The summed E-state index contributed by atoms with van der Waals surface area (Å²) in [5.41, 5.74) is 4.00. The summed E-state index contributed by atoms with van der Waals surface area (Å²) >= 11 is 3.31. The van der Waals surface area contributed by atoms with Crippen LogP contribution in [-0.2, 0) is 0 Å². The Morgan fingerprint density at radius 2 is 1.62 bits per heavy atom. The Labute approximate surface area is 158 Å². The number of benzene rings is 3. The first-order valence-electron chi connectivity index (χ1n) is 8.07. The number of aromatic nitrogens is 1. The normalized spacial score (nSPS) is 11.3. The van der Waals surface area contributed by atoms with E-state index in [2.05, 4.69) is 61.8 Å². The van der Waals surface area contributed by atoms with Gasteiger partial charge in [-0.15, -0.1) is 0 Å². The molecule has 1 amide bonds. The number of nitrogens with zero attached hydrogens (tertiary/aromatic N) is 2. The van der Waals surface area contributed by atoms with Crippen molar-refractivity contribution >= 4 is 49.6 Å². The van der Waals surface area contributed by atoms with Gasteiger partial charge in [-0.25, -0.2) is 5.43 Å². The fourth-order valence-corrected chi connectivity index (χ4v) is 3.31. The van der Waals surface area contributed by atoms with Crippen molar-refractivity contribution in [3.8, 4) is 0 Å². The molecule has 5 heteroatoms. The largest absolute Gasteiger partial charge is 0.272 e. The number of hydrazone groups is 1. The summed E-state index contributed by atoms with van der Waals surface area (Å²) < 4.78 is 0.745. The Morgan fingerprint density at radius 3 is 2.27 bits per heavy atom. The van der Waals surface area contributed by atoms with Crippen molar-refractivity contribution in [2.75, 3.05) is 0 Å². The highest BCUT2D eigenvalue weighted by Gasteiger charge is 2.07. The lowest BCUT2D eigenvalue weighted by atomic mass is 9.97. The van der Waals surface area contributed by atoms with Crippen LogP contribution in [0.2, 0.25) is 0 Å². The number of amides is 1. The lowest BCUT2D eigenvalue weighted by Gasteiger charge is -2.08. The van der Waals surface area contributed by atoms with Crippen LogP contribution in [0.4, 0.5) is 0 Å². The number of carbonyl (C=O) groups excluding carboxylic acids is 1. The molecule has 4 aromatic rings. The van der Waals surface area contributed by atoms with Crippen molar-refractivity contribution in [1.82, 2.24) is 10.4 Å². The second kappa shape index (κ2) is 7.06. The molecular weight excluding hydrogens is 390 g/mol. The van der Waals surface area contributed by atoms with Crippen LogP contribution in [0, 0.1) is 0 Å². The highest BCUT2D eigenvalue weighted by Crippen LogP contribution is 2.27. The monoisotopic (exact) mass is 403 g/mol. The highest BCUT2D eigenvalue weighted by atomic mass is 79.9. The molecule has 0 radical (unpaired) electrons. The van der Waals surface area contributed by atoms with Crippen LogP contribution >= 0.6 is 15.9 Å². The molecule has 126 valence electrons. The molecule has 0 aliphatic rings. The molecule has 0 bridgehead atoms. The zero-order chi connectivity index (χ0) is 17.9. The van der Waals surface area contributed by atoms with Gasteiger partial charge < -0.3 is 0 Å². The minimum absolute atomic E-state index is 0.306. The van der Waals surface area contributed by atoms with Crippen molar-refractivity contribution in [2.24, 2.45) is 5.10 Å². The predicted molar refractivity (Wildman–Crippen MR) is 108 cm³/mol. The van der Waals surface area contributed by atoms with Gasteiger partial charge in [0.25, 0.3) is 5.91 Å². The summed E-state index contributed by atoms with van der Waals surface area (Å²) in [5, 5.41) is 8.63.